The van der Waals surface area contributed by atoms with Crippen molar-refractivity contribution in [3.8, 4) is 28.4 Å². The summed E-state index contributed by atoms with van der Waals surface area (Å²) in [6, 6.07) is 14.6. The first-order chi connectivity index (χ1) is 9.83. The lowest BCUT2D eigenvalue weighted by molar-refractivity contribution is -0.677. The number of aryl methyl sites for hydroxylation is 1. The van der Waals surface area contributed by atoms with E-state index in [1.54, 1.807) is 0 Å². The maximum atomic E-state index is 6.17. The lowest BCUT2D eigenvalue weighted by Gasteiger charge is -2.06. The zero-order valence-electron chi connectivity index (χ0n) is 11.1. The first-order valence-corrected chi connectivity index (χ1v) is 6.83. The summed E-state index contributed by atoms with van der Waals surface area (Å²) in [4.78, 5) is 0. The van der Waals surface area contributed by atoms with Gasteiger partial charge in [-0.15, -0.1) is 0 Å². The predicted octanol–water partition coefficient (Wildman–Crippen LogP) is 2.98. The average Bonchev–Trinajstić information content (AvgIpc) is 2.94. The number of nitrogens with zero attached hydrogens (tertiary/aromatic N) is 2. The molecule has 96 valence electrons. The molecule has 3 aromatic rings. The second-order valence-electron chi connectivity index (χ2n) is 5.42. The molecule has 0 atom stereocenters. The van der Waals surface area contributed by atoms with Crippen LogP contribution in [0.5, 0.6) is 11.5 Å². The van der Waals surface area contributed by atoms with Gasteiger partial charge < -0.3 is 4.74 Å². The fraction of sp³-hybridized carbons (Fsp3) is 0.118. The molecule has 0 N–H and O–H groups in total. The van der Waals surface area contributed by atoms with Crippen LogP contribution in [0.15, 0.2) is 48.7 Å². The van der Waals surface area contributed by atoms with Gasteiger partial charge >= 0.3 is 0 Å². The highest BCUT2D eigenvalue weighted by Crippen LogP contribution is 2.45. The van der Waals surface area contributed by atoms with E-state index in [4.69, 9.17) is 4.74 Å². The van der Waals surface area contributed by atoms with Gasteiger partial charge in [-0.05, 0) is 18.2 Å². The monoisotopic (exact) mass is 261 g/mol. The van der Waals surface area contributed by atoms with Crippen molar-refractivity contribution in [2.24, 2.45) is 7.05 Å². The molecular formula is C17H13N2O+. The molecule has 0 amide bonds. The van der Waals surface area contributed by atoms with Crippen LogP contribution in [0.2, 0.25) is 0 Å². The van der Waals surface area contributed by atoms with E-state index >= 15 is 0 Å². The Morgan fingerprint density at radius 3 is 2.85 bits per heavy atom. The Balaban J connectivity index is 1.99. The lowest BCUT2D eigenvalue weighted by atomic mass is 10.1. The molecule has 2 aliphatic heterocycles. The van der Waals surface area contributed by atoms with E-state index in [0.29, 0.717) is 0 Å². The van der Waals surface area contributed by atoms with Crippen LogP contribution in [0.3, 0.4) is 0 Å². The Morgan fingerprint density at radius 1 is 1.05 bits per heavy atom. The third-order valence-corrected chi connectivity index (χ3v) is 4.26. The maximum absolute atomic E-state index is 6.17. The number of ether oxygens (including phenoxy) is 1. The molecule has 0 aliphatic carbocycles. The largest absolute Gasteiger partial charge is 0.452 e. The van der Waals surface area contributed by atoms with Crippen molar-refractivity contribution in [1.29, 1.82) is 0 Å². The van der Waals surface area contributed by atoms with Crippen LogP contribution >= 0.6 is 0 Å². The van der Waals surface area contributed by atoms with Crippen LogP contribution in [0.1, 0.15) is 11.4 Å². The van der Waals surface area contributed by atoms with E-state index in [1.807, 2.05) is 12.1 Å². The van der Waals surface area contributed by atoms with Gasteiger partial charge in [0.05, 0.1) is 19.0 Å². The quantitative estimate of drug-likeness (QED) is 0.392. The van der Waals surface area contributed by atoms with E-state index in [2.05, 4.69) is 52.7 Å². The molecule has 2 aliphatic rings. The van der Waals surface area contributed by atoms with Gasteiger partial charge in [0, 0.05) is 5.56 Å². The average molecular weight is 261 g/mol. The second kappa shape index (κ2) is 3.31. The standard InChI is InChI=1S/C17H13N2O/c1-18-10-13-12-6-2-3-7-14(12)20-15-8-4-5-11-9-16(18)19(13)17(11)15/h2-8,10H,9H2,1H3/q+1. The van der Waals surface area contributed by atoms with Crippen molar-refractivity contribution in [1.82, 2.24) is 4.57 Å². The van der Waals surface area contributed by atoms with E-state index in [1.165, 1.54) is 22.8 Å². The molecule has 3 heteroatoms. The van der Waals surface area contributed by atoms with Crippen molar-refractivity contribution in [3.05, 3.63) is 60.0 Å². The van der Waals surface area contributed by atoms with Gasteiger partial charge in [0.1, 0.15) is 11.9 Å². The minimum absolute atomic E-state index is 0.927. The number of aromatic nitrogens is 2. The lowest BCUT2D eigenvalue weighted by Crippen LogP contribution is -2.30. The third-order valence-electron chi connectivity index (χ3n) is 4.26. The van der Waals surface area contributed by atoms with Crippen molar-refractivity contribution >= 4 is 0 Å². The summed E-state index contributed by atoms with van der Waals surface area (Å²) in [6.45, 7) is 0. The zero-order chi connectivity index (χ0) is 13.3. The van der Waals surface area contributed by atoms with Crippen molar-refractivity contribution in [3.63, 3.8) is 0 Å². The normalized spacial score (nSPS) is 13.4. The Hall–Kier alpha value is -2.55. The van der Waals surface area contributed by atoms with Gasteiger partial charge in [-0.3, -0.25) is 0 Å². The Bertz CT molecular complexity index is 877. The molecule has 0 spiro atoms. The summed E-state index contributed by atoms with van der Waals surface area (Å²) < 4.78 is 10.7. The predicted molar refractivity (Wildman–Crippen MR) is 75.3 cm³/mol. The van der Waals surface area contributed by atoms with Gasteiger partial charge in [0.2, 0.25) is 0 Å². The molecule has 3 heterocycles. The van der Waals surface area contributed by atoms with Gasteiger partial charge in [0.25, 0.3) is 5.82 Å². The number of fused-ring (bicyclic) bond motifs is 2. The maximum Gasteiger partial charge on any atom is 0.266 e. The van der Waals surface area contributed by atoms with Crippen molar-refractivity contribution in [2.75, 3.05) is 0 Å². The van der Waals surface area contributed by atoms with E-state index < -0.39 is 0 Å². The minimum Gasteiger partial charge on any atom is -0.452 e. The minimum atomic E-state index is 0.927. The number of rotatable bonds is 0. The fourth-order valence-electron chi connectivity index (χ4n) is 3.36. The van der Waals surface area contributed by atoms with Gasteiger partial charge in [0.15, 0.2) is 17.1 Å². The first kappa shape index (κ1) is 10.3. The zero-order valence-corrected chi connectivity index (χ0v) is 11.1. The molecule has 0 fully saturated rings. The van der Waals surface area contributed by atoms with Gasteiger partial charge in [-0.1, -0.05) is 24.3 Å². The number of hydrogen-bond donors (Lipinski definition) is 0. The van der Waals surface area contributed by atoms with Gasteiger partial charge in [-0.25, -0.2) is 4.57 Å². The highest BCUT2D eigenvalue weighted by molar-refractivity contribution is 5.75. The summed E-state index contributed by atoms with van der Waals surface area (Å²) in [6.07, 6.45) is 3.16. The van der Waals surface area contributed by atoms with Crippen molar-refractivity contribution < 1.29 is 9.30 Å². The Morgan fingerprint density at radius 2 is 1.90 bits per heavy atom. The Kier molecular flexibility index (Phi) is 1.70. The topological polar surface area (TPSA) is 18.0 Å². The Labute approximate surface area is 116 Å². The second-order valence-corrected chi connectivity index (χ2v) is 5.42. The molecule has 3 nitrogen and oxygen atoms in total. The van der Waals surface area contributed by atoms with Crippen molar-refractivity contribution in [2.45, 2.75) is 6.42 Å². The van der Waals surface area contributed by atoms with E-state index in [-0.39, 0.29) is 0 Å². The molecule has 0 saturated heterocycles. The molecular weight excluding hydrogens is 248 g/mol. The summed E-state index contributed by atoms with van der Waals surface area (Å²) >= 11 is 0. The molecule has 1 aromatic heterocycles. The number of imidazole rings is 1. The molecule has 2 aromatic carbocycles. The fourth-order valence-corrected chi connectivity index (χ4v) is 3.36. The van der Waals surface area contributed by atoms with Crippen LogP contribution in [-0.2, 0) is 13.5 Å². The van der Waals surface area contributed by atoms with E-state index in [0.717, 1.165) is 23.5 Å². The smallest absolute Gasteiger partial charge is 0.266 e. The molecule has 0 saturated carbocycles. The van der Waals surface area contributed by atoms with Gasteiger partial charge in [-0.2, -0.15) is 4.57 Å². The van der Waals surface area contributed by atoms with Crippen LogP contribution in [0, 0.1) is 0 Å². The number of hydrogen-bond acceptors (Lipinski definition) is 1. The number of para-hydroxylation sites is 2. The SMILES string of the molecule is C[n+]1cc2n3c1Cc1cccc(c1-3)Oc1ccccc1-2. The highest BCUT2D eigenvalue weighted by Gasteiger charge is 2.37. The summed E-state index contributed by atoms with van der Waals surface area (Å²) in [5.74, 6) is 3.18. The molecule has 20 heavy (non-hydrogen) atoms. The summed E-state index contributed by atoms with van der Waals surface area (Å²) in [5.41, 5.74) is 4.90. The van der Waals surface area contributed by atoms with Crippen LogP contribution in [-0.4, -0.2) is 4.57 Å². The molecule has 0 radical (unpaired) electrons. The highest BCUT2D eigenvalue weighted by atomic mass is 16.5. The molecule has 5 rings (SSSR count). The first-order valence-electron chi connectivity index (χ1n) is 6.83. The number of benzene rings is 2. The molecule has 0 unspecified atom stereocenters. The third kappa shape index (κ3) is 1.09. The van der Waals surface area contributed by atoms with E-state index in [9.17, 15) is 0 Å². The van der Waals surface area contributed by atoms with Crippen LogP contribution < -0.4 is 9.30 Å². The van der Waals surface area contributed by atoms with Crippen LogP contribution in [0.25, 0.3) is 16.9 Å². The molecule has 0 bridgehead atoms. The summed E-state index contributed by atoms with van der Waals surface area (Å²) in [7, 11) is 2.12. The summed E-state index contributed by atoms with van der Waals surface area (Å²) in [5, 5.41) is 0. The van der Waals surface area contributed by atoms with Crippen LogP contribution in [0.4, 0.5) is 0 Å².